The Morgan fingerprint density at radius 1 is 1.11 bits per heavy atom. The highest BCUT2D eigenvalue weighted by molar-refractivity contribution is 5.46. The summed E-state index contributed by atoms with van der Waals surface area (Å²) < 4.78 is 0. The molecule has 2 aliphatic carbocycles. The molecule has 0 fully saturated rings. The van der Waals surface area contributed by atoms with Crippen molar-refractivity contribution in [1.29, 1.82) is 0 Å². The molecular formula is C38H58. The van der Waals surface area contributed by atoms with Gasteiger partial charge in [0.1, 0.15) is 0 Å². The SMILES string of the molecule is C=C1C(C)=CC2=CCC(=C2)C(CC)C(C)CC(C)C=CC=CCC1C(C)C(C)C(C)CC(C)=CC(C)=CC. The molecule has 0 heteroatoms. The summed E-state index contributed by atoms with van der Waals surface area (Å²) in [5.41, 5.74) is 8.49. The molecule has 2 bridgehead atoms. The number of hydrogen-bond donors (Lipinski definition) is 0. The first-order valence-corrected chi connectivity index (χ1v) is 15.4. The molecule has 0 aromatic rings. The van der Waals surface area contributed by atoms with Gasteiger partial charge in [-0.3, -0.25) is 0 Å². The summed E-state index contributed by atoms with van der Waals surface area (Å²) >= 11 is 0. The second-order valence-corrected chi connectivity index (χ2v) is 12.8. The number of fused-ring (bicyclic) bond motifs is 1. The molecule has 0 heterocycles. The third-order valence-corrected chi connectivity index (χ3v) is 9.62. The van der Waals surface area contributed by atoms with E-state index in [0.29, 0.717) is 41.4 Å². The van der Waals surface area contributed by atoms with Gasteiger partial charge in [-0.1, -0.05) is 120 Å². The van der Waals surface area contributed by atoms with Gasteiger partial charge in [0.25, 0.3) is 0 Å². The number of allylic oxidation sites excluding steroid dienone is 15. The fourth-order valence-corrected chi connectivity index (χ4v) is 6.76. The van der Waals surface area contributed by atoms with Crippen molar-refractivity contribution in [2.45, 2.75) is 101 Å². The van der Waals surface area contributed by atoms with Crippen LogP contribution in [0.15, 0.2) is 94.7 Å². The number of hydrogen-bond acceptors (Lipinski definition) is 0. The molecule has 0 saturated carbocycles. The zero-order valence-electron chi connectivity index (χ0n) is 26.5. The molecule has 2 rings (SSSR count). The Labute approximate surface area is 237 Å². The van der Waals surface area contributed by atoms with Crippen molar-refractivity contribution in [1.82, 2.24) is 0 Å². The van der Waals surface area contributed by atoms with Gasteiger partial charge in [-0.25, -0.2) is 0 Å². The Morgan fingerprint density at radius 2 is 1.82 bits per heavy atom. The van der Waals surface area contributed by atoms with Crippen molar-refractivity contribution in [2.24, 2.45) is 41.4 Å². The van der Waals surface area contributed by atoms with Gasteiger partial charge in [0, 0.05) is 0 Å². The smallest absolute Gasteiger partial charge is 0.0102 e. The molecule has 0 N–H and O–H groups in total. The summed E-state index contributed by atoms with van der Waals surface area (Å²) in [6.07, 6.45) is 27.0. The summed E-state index contributed by atoms with van der Waals surface area (Å²) in [5, 5.41) is 0. The van der Waals surface area contributed by atoms with E-state index in [4.69, 9.17) is 6.58 Å². The summed E-state index contributed by atoms with van der Waals surface area (Å²) in [6, 6.07) is 0. The molecule has 0 aliphatic heterocycles. The maximum absolute atomic E-state index is 4.70. The van der Waals surface area contributed by atoms with Crippen LogP contribution in [-0.4, -0.2) is 0 Å². The Bertz CT molecular complexity index is 1000. The third kappa shape index (κ3) is 9.29. The van der Waals surface area contributed by atoms with Gasteiger partial charge in [-0.2, -0.15) is 0 Å². The lowest BCUT2D eigenvalue weighted by Crippen LogP contribution is -2.25. The zero-order valence-corrected chi connectivity index (χ0v) is 26.5. The fourth-order valence-electron chi connectivity index (χ4n) is 6.76. The maximum Gasteiger partial charge on any atom is -0.0102 e. The van der Waals surface area contributed by atoms with E-state index in [1.54, 1.807) is 5.57 Å². The minimum atomic E-state index is 0.439. The Balaban J connectivity index is 2.34. The highest BCUT2D eigenvalue weighted by atomic mass is 14.3. The summed E-state index contributed by atoms with van der Waals surface area (Å²) in [7, 11) is 0. The topological polar surface area (TPSA) is 0 Å². The largest absolute Gasteiger partial charge is 0.0953 e. The van der Waals surface area contributed by atoms with Crippen molar-refractivity contribution in [2.75, 3.05) is 0 Å². The highest BCUT2D eigenvalue weighted by Gasteiger charge is 2.29. The first kappa shape index (κ1) is 32.1. The van der Waals surface area contributed by atoms with Gasteiger partial charge in [0.2, 0.25) is 0 Å². The van der Waals surface area contributed by atoms with Crippen LogP contribution in [-0.2, 0) is 0 Å². The van der Waals surface area contributed by atoms with E-state index in [0.717, 1.165) is 19.3 Å². The monoisotopic (exact) mass is 514 g/mol. The van der Waals surface area contributed by atoms with E-state index in [1.165, 1.54) is 40.7 Å². The molecule has 2 aliphatic rings. The molecule has 210 valence electrons. The lowest BCUT2D eigenvalue weighted by molar-refractivity contribution is 0.223. The molecule has 7 unspecified atom stereocenters. The molecule has 7 atom stereocenters. The van der Waals surface area contributed by atoms with Crippen LogP contribution in [0.2, 0.25) is 0 Å². The molecule has 0 spiro atoms. The van der Waals surface area contributed by atoms with Crippen LogP contribution in [0.1, 0.15) is 101 Å². The van der Waals surface area contributed by atoms with Crippen LogP contribution < -0.4 is 0 Å². The summed E-state index contributed by atoms with van der Waals surface area (Å²) in [6.45, 7) is 28.1. The maximum atomic E-state index is 4.70. The predicted octanol–water partition coefficient (Wildman–Crippen LogP) is 11.8. The first-order chi connectivity index (χ1) is 18.0. The zero-order chi connectivity index (χ0) is 28.4. The minimum Gasteiger partial charge on any atom is -0.0953 e. The summed E-state index contributed by atoms with van der Waals surface area (Å²) in [5.74, 6) is 4.20. The molecule has 0 amide bonds. The predicted molar refractivity (Wildman–Crippen MR) is 172 cm³/mol. The third-order valence-electron chi connectivity index (χ3n) is 9.62. The van der Waals surface area contributed by atoms with Crippen LogP contribution in [0.5, 0.6) is 0 Å². The van der Waals surface area contributed by atoms with Crippen molar-refractivity contribution >= 4 is 0 Å². The molecule has 0 saturated heterocycles. The van der Waals surface area contributed by atoms with E-state index in [-0.39, 0.29) is 0 Å². The van der Waals surface area contributed by atoms with Crippen LogP contribution in [0.25, 0.3) is 0 Å². The van der Waals surface area contributed by atoms with Crippen LogP contribution in [0.4, 0.5) is 0 Å². The molecule has 0 aromatic heterocycles. The lowest BCUT2D eigenvalue weighted by Gasteiger charge is -2.34. The highest BCUT2D eigenvalue weighted by Crippen LogP contribution is 2.39. The first-order valence-electron chi connectivity index (χ1n) is 15.4. The second kappa shape index (κ2) is 15.5. The molecule has 38 heavy (non-hydrogen) atoms. The van der Waals surface area contributed by atoms with Crippen LogP contribution >= 0.6 is 0 Å². The van der Waals surface area contributed by atoms with Gasteiger partial charge in [0.05, 0.1) is 0 Å². The van der Waals surface area contributed by atoms with E-state index in [2.05, 4.69) is 124 Å². The van der Waals surface area contributed by atoms with Gasteiger partial charge < -0.3 is 0 Å². The Morgan fingerprint density at radius 3 is 2.47 bits per heavy atom. The van der Waals surface area contributed by atoms with E-state index in [9.17, 15) is 0 Å². The quantitative estimate of drug-likeness (QED) is 0.296. The second-order valence-electron chi connectivity index (χ2n) is 12.8. The Hall–Kier alpha value is -2.08. The average molecular weight is 515 g/mol. The number of rotatable bonds is 7. The van der Waals surface area contributed by atoms with Crippen LogP contribution in [0.3, 0.4) is 0 Å². The normalized spacial score (nSPS) is 28.5. The summed E-state index contributed by atoms with van der Waals surface area (Å²) in [4.78, 5) is 0. The van der Waals surface area contributed by atoms with E-state index >= 15 is 0 Å². The molecule has 0 radical (unpaired) electrons. The lowest BCUT2D eigenvalue weighted by atomic mass is 9.71. The van der Waals surface area contributed by atoms with Gasteiger partial charge in [-0.05, 0) is 118 Å². The standard InChI is InChI=1S/C38H58/c1-12-26(3)21-28(5)23-29(6)32(9)34(11)38-18-16-14-15-17-27(4)22-31(8)37(13-2)36-20-19-35(25-36)24-30(7)33(38)10/h12,14-17,19,21,24-25,27,29,31-32,34,37-38H,10,13,18,20,22-23H2,1-9,11H3. The van der Waals surface area contributed by atoms with Crippen molar-refractivity contribution in [3.8, 4) is 0 Å². The average Bonchev–Trinajstić information content (AvgIpc) is 3.32. The minimum absolute atomic E-state index is 0.439. The van der Waals surface area contributed by atoms with E-state index < -0.39 is 0 Å². The van der Waals surface area contributed by atoms with Gasteiger partial charge in [-0.15, -0.1) is 0 Å². The van der Waals surface area contributed by atoms with Crippen LogP contribution in [0, 0.1) is 41.4 Å². The van der Waals surface area contributed by atoms with Crippen molar-refractivity contribution < 1.29 is 0 Å². The van der Waals surface area contributed by atoms with E-state index in [1.807, 2.05) is 0 Å². The van der Waals surface area contributed by atoms with Crippen molar-refractivity contribution in [3.63, 3.8) is 0 Å². The molecule has 0 aromatic carbocycles. The fraction of sp³-hybridized carbons (Fsp3) is 0.579. The Kier molecular flexibility index (Phi) is 13.1. The van der Waals surface area contributed by atoms with Gasteiger partial charge in [0.15, 0.2) is 0 Å². The van der Waals surface area contributed by atoms with Crippen molar-refractivity contribution in [3.05, 3.63) is 94.7 Å². The molecule has 0 nitrogen and oxygen atoms in total. The molecular weight excluding hydrogens is 456 g/mol. The van der Waals surface area contributed by atoms with Gasteiger partial charge >= 0.3 is 0 Å².